The molecule has 0 bridgehead atoms. The zero-order valence-electron chi connectivity index (χ0n) is 16.4. The van der Waals surface area contributed by atoms with E-state index in [1.807, 2.05) is 11.0 Å². The fraction of sp³-hybridized carbons (Fsp3) is 0.455. The number of amides is 1. The number of methoxy groups -OCH3 is 1. The molecule has 1 atom stereocenters. The molecule has 148 valence electrons. The number of carbonyl (C=O) groups excluding carboxylic acids is 1. The number of hydrogen-bond acceptors (Lipinski definition) is 4. The molecule has 1 unspecified atom stereocenters. The number of hydrogen-bond donors (Lipinski definition) is 1. The monoisotopic (exact) mass is 380 g/mol. The van der Waals surface area contributed by atoms with Crippen LogP contribution in [0.15, 0.2) is 42.9 Å². The van der Waals surface area contributed by atoms with E-state index >= 15 is 0 Å². The topological polar surface area (TPSA) is 61.5 Å². The van der Waals surface area contributed by atoms with E-state index in [2.05, 4.69) is 33.1 Å². The molecule has 6 nitrogen and oxygen atoms in total. The average Bonchev–Trinajstić information content (AvgIpc) is 3.37. The smallest absolute Gasteiger partial charge is 0.246 e. The summed E-state index contributed by atoms with van der Waals surface area (Å²) in [5.74, 6) is 1.00. The van der Waals surface area contributed by atoms with Gasteiger partial charge in [-0.1, -0.05) is 12.1 Å². The number of ether oxygens (including phenoxy) is 1. The van der Waals surface area contributed by atoms with E-state index in [0.717, 1.165) is 50.6 Å². The highest BCUT2D eigenvalue weighted by Gasteiger charge is 2.42. The summed E-state index contributed by atoms with van der Waals surface area (Å²) in [5.41, 5.74) is 2.36. The van der Waals surface area contributed by atoms with Gasteiger partial charge in [-0.05, 0) is 49.6 Å². The predicted molar refractivity (Wildman–Crippen MR) is 109 cm³/mol. The summed E-state index contributed by atoms with van der Waals surface area (Å²) < 4.78 is 5.35. The standard InChI is InChI=1S/C22H28N4O2/c1-28-20-5-2-4-18(12-20)14-25-10-3-8-22(15-25)9-11-26(16-22)21(27)7-6-19-13-23-17-24-19/h2,4-7,12-13,17H,3,8-11,14-16H2,1H3,(H,23,24)/b7-6+. The Hall–Kier alpha value is -2.60. The van der Waals surface area contributed by atoms with Crippen molar-refractivity contribution in [1.82, 2.24) is 19.8 Å². The highest BCUT2D eigenvalue weighted by Crippen LogP contribution is 2.39. The summed E-state index contributed by atoms with van der Waals surface area (Å²) in [6.45, 7) is 4.81. The maximum atomic E-state index is 12.6. The van der Waals surface area contributed by atoms with Gasteiger partial charge in [0.2, 0.25) is 5.91 Å². The molecule has 2 aliphatic rings. The molecule has 1 aromatic carbocycles. The minimum absolute atomic E-state index is 0.0939. The van der Waals surface area contributed by atoms with Crippen LogP contribution in [0.4, 0.5) is 0 Å². The van der Waals surface area contributed by atoms with E-state index in [-0.39, 0.29) is 11.3 Å². The molecular formula is C22H28N4O2. The van der Waals surface area contributed by atoms with Crippen LogP contribution in [-0.2, 0) is 11.3 Å². The number of H-pyrrole nitrogens is 1. The maximum Gasteiger partial charge on any atom is 0.246 e. The number of piperidine rings is 1. The molecule has 0 aliphatic carbocycles. The van der Waals surface area contributed by atoms with Crippen LogP contribution >= 0.6 is 0 Å². The SMILES string of the molecule is COc1cccc(CN2CCCC3(CCN(C(=O)/C=C/c4cnc[nH]4)C3)C2)c1. The second-order valence-electron chi connectivity index (χ2n) is 8.02. The fourth-order valence-corrected chi connectivity index (χ4v) is 4.55. The lowest BCUT2D eigenvalue weighted by Crippen LogP contribution is -2.44. The molecule has 2 saturated heterocycles. The molecule has 1 amide bonds. The molecule has 1 N–H and O–H groups in total. The Labute approximate surface area is 166 Å². The number of aromatic amines is 1. The van der Waals surface area contributed by atoms with Gasteiger partial charge in [-0.2, -0.15) is 0 Å². The third-order valence-corrected chi connectivity index (χ3v) is 5.96. The minimum atomic E-state index is 0.0939. The molecule has 4 rings (SSSR count). The lowest BCUT2D eigenvalue weighted by Gasteiger charge is -2.40. The van der Waals surface area contributed by atoms with Gasteiger partial charge in [0.05, 0.1) is 25.3 Å². The first-order chi connectivity index (χ1) is 13.7. The number of nitrogens with zero attached hydrogens (tertiary/aromatic N) is 3. The molecular weight excluding hydrogens is 352 g/mol. The van der Waals surface area contributed by atoms with Gasteiger partial charge in [0.25, 0.3) is 0 Å². The zero-order valence-corrected chi connectivity index (χ0v) is 16.4. The van der Waals surface area contributed by atoms with Crippen LogP contribution < -0.4 is 4.74 Å². The predicted octanol–water partition coefficient (Wildman–Crippen LogP) is 2.95. The highest BCUT2D eigenvalue weighted by atomic mass is 16.5. The average molecular weight is 380 g/mol. The van der Waals surface area contributed by atoms with E-state index in [9.17, 15) is 4.79 Å². The van der Waals surface area contributed by atoms with Gasteiger partial charge >= 0.3 is 0 Å². The third kappa shape index (κ3) is 4.28. The van der Waals surface area contributed by atoms with E-state index < -0.39 is 0 Å². The molecule has 6 heteroatoms. The van der Waals surface area contributed by atoms with Crippen molar-refractivity contribution in [2.24, 2.45) is 5.41 Å². The molecule has 28 heavy (non-hydrogen) atoms. The van der Waals surface area contributed by atoms with Gasteiger partial charge in [-0.25, -0.2) is 4.98 Å². The molecule has 2 fully saturated rings. The van der Waals surface area contributed by atoms with Crippen molar-refractivity contribution in [3.8, 4) is 5.75 Å². The Morgan fingerprint density at radius 3 is 3.07 bits per heavy atom. The van der Waals surface area contributed by atoms with Gasteiger partial charge in [-0.3, -0.25) is 9.69 Å². The summed E-state index contributed by atoms with van der Waals surface area (Å²) in [6.07, 6.45) is 10.3. The van der Waals surface area contributed by atoms with E-state index in [0.29, 0.717) is 0 Å². The third-order valence-electron chi connectivity index (χ3n) is 5.96. The first-order valence-electron chi connectivity index (χ1n) is 9.96. The molecule has 0 radical (unpaired) electrons. The van der Waals surface area contributed by atoms with Gasteiger partial charge < -0.3 is 14.6 Å². The Morgan fingerprint density at radius 2 is 2.25 bits per heavy atom. The molecule has 3 heterocycles. The first kappa shape index (κ1) is 18.7. The van der Waals surface area contributed by atoms with E-state index in [4.69, 9.17) is 4.74 Å². The largest absolute Gasteiger partial charge is 0.497 e. The van der Waals surface area contributed by atoms with Crippen LogP contribution in [0.5, 0.6) is 5.75 Å². The number of nitrogens with one attached hydrogen (secondary N) is 1. The van der Waals surface area contributed by atoms with Crippen molar-refractivity contribution in [3.05, 3.63) is 54.1 Å². The Balaban J connectivity index is 1.36. The van der Waals surface area contributed by atoms with Gasteiger partial charge in [0.15, 0.2) is 0 Å². The number of imidazole rings is 1. The van der Waals surface area contributed by atoms with Crippen LogP contribution in [0.2, 0.25) is 0 Å². The quantitative estimate of drug-likeness (QED) is 0.810. The first-order valence-corrected chi connectivity index (χ1v) is 9.96. The van der Waals surface area contributed by atoms with Crippen molar-refractivity contribution in [2.75, 3.05) is 33.3 Å². The number of benzene rings is 1. The summed E-state index contributed by atoms with van der Waals surface area (Å²) in [6, 6.07) is 8.31. The molecule has 2 aliphatic heterocycles. The van der Waals surface area contributed by atoms with Crippen molar-refractivity contribution in [2.45, 2.75) is 25.8 Å². The number of likely N-dealkylation sites (tertiary alicyclic amines) is 2. The summed E-state index contributed by atoms with van der Waals surface area (Å²) in [4.78, 5) is 24.1. The van der Waals surface area contributed by atoms with Crippen molar-refractivity contribution in [1.29, 1.82) is 0 Å². The molecule has 2 aromatic rings. The summed E-state index contributed by atoms with van der Waals surface area (Å²) >= 11 is 0. The Morgan fingerprint density at radius 1 is 1.32 bits per heavy atom. The van der Waals surface area contributed by atoms with E-state index in [1.54, 1.807) is 31.8 Å². The van der Waals surface area contributed by atoms with Gasteiger partial charge in [0.1, 0.15) is 5.75 Å². The second-order valence-corrected chi connectivity index (χ2v) is 8.02. The van der Waals surface area contributed by atoms with Gasteiger partial charge in [0, 0.05) is 37.7 Å². The van der Waals surface area contributed by atoms with Crippen molar-refractivity contribution < 1.29 is 9.53 Å². The highest BCUT2D eigenvalue weighted by molar-refractivity contribution is 5.91. The minimum Gasteiger partial charge on any atom is -0.497 e. The summed E-state index contributed by atoms with van der Waals surface area (Å²) in [5, 5.41) is 0. The lowest BCUT2D eigenvalue weighted by molar-refractivity contribution is -0.125. The fourth-order valence-electron chi connectivity index (χ4n) is 4.55. The maximum absolute atomic E-state index is 12.6. The number of aromatic nitrogens is 2. The van der Waals surface area contributed by atoms with Crippen LogP contribution in [-0.4, -0.2) is 59.0 Å². The van der Waals surface area contributed by atoms with Crippen LogP contribution in [0.25, 0.3) is 6.08 Å². The molecule has 1 aromatic heterocycles. The van der Waals surface area contributed by atoms with Crippen LogP contribution in [0.1, 0.15) is 30.5 Å². The van der Waals surface area contributed by atoms with E-state index in [1.165, 1.54) is 18.4 Å². The summed E-state index contributed by atoms with van der Waals surface area (Å²) in [7, 11) is 1.71. The van der Waals surface area contributed by atoms with Gasteiger partial charge in [-0.15, -0.1) is 0 Å². The van der Waals surface area contributed by atoms with Crippen molar-refractivity contribution >= 4 is 12.0 Å². The Kier molecular flexibility index (Phi) is 5.48. The second kappa shape index (κ2) is 8.19. The zero-order chi connectivity index (χ0) is 19.4. The van der Waals surface area contributed by atoms with Crippen LogP contribution in [0.3, 0.4) is 0 Å². The number of carbonyl (C=O) groups is 1. The molecule has 1 spiro atoms. The molecule has 0 saturated carbocycles. The normalized spacial score (nSPS) is 23.0. The van der Waals surface area contributed by atoms with Crippen molar-refractivity contribution in [3.63, 3.8) is 0 Å². The Bertz CT molecular complexity index is 833. The van der Waals surface area contributed by atoms with Crippen LogP contribution in [0, 0.1) is 5.41 Å². The lowest BCUT2D eigenvalue weighted by atomic mass is 9.79. The number of rotatable bonds is 5.